The number of hydrogen-bond donors (Lipinski definition) is 3. The van der Waals surface area contributed by atoms with Crippen LogP contribution < -0.4 is 16.0 Å². The summed E-state index contributed by atoms with van der Waals surface area (Å²) in [6.07, 6.45) is 0. The van der Waals surface area contributed by atoms with Gasteiger partial charge in [-0.25, -0.2) is 0 Å². The Kier molecular flexibility index (Phi) is 12.2. The van der Waals surface area contributed by atoms with Crippen LogP contribution in [0.5, 0.6) is 0 Å². The van der Waals surface area contributed by atoms with Crippen LogP contribution in [0.4, 0.5) is 0 Å². The van der Waals surface area contributed by atoms with Gasteiger partial charge in [0.2, 0.25) is 0 Å². The lowest BCUT2D eigenvalue weighted by molar-refractivity contribution is 0.00752. The van der Waals surface area contributed by atoms with Gasteiger partial charge in [-0.05, 0) is 30.5 Å². The van der Waals surface area contributed by atoms with Gasteiger partial charge < -0.3 is 20.7 Å². The van der Waals surface area contributed by atoms with Crippen molar-refractivity contribution in [2.45, 2.75) is 33.4 Å². The van der Waals surface area contributed by atoms with E-state index in [9.17, 15) is 4.79 Å². The Hall–Kier alpha value is -1.39. The van der Waals surface area contributed by atoms with E-state index in [2.05, 4.69) is 39.7 Å². The zero-order chi connectivity index (χ0) is 20.4. The Morgan fingerprint density at radius 3 is 2.55 bits per heavy atom. The minimum atomic E-state index is -0.0443. The molecular formula is C21H36IN5O2. The van der Waals surface area contributed by atoms with Gasteiger partial charge in [0.05, 0.1) is 13.2 Å². The highest BCUT2D eigenvalue weighted by Crippen LogP contribution is 2.12. The highest BCUT2D eigenvalue weighted by molar-refractivity contribution is 14.0. The predicted molar refractivity (Wildman–Crippen MR) is 129 cm³/mol. The summed E-state index contributed by atoms with van der Waals surface area (Å²) in [7, 11) is 1.78. The maximum atomic E-state index is 12.0. The Bertz CT molecular complexity index is 648. The van der Waals surface area contributed by atoms with Crippen LogP contribution in [0.1, 0.15) is 36.7 Å². The Morgan fingerprint density at radius 1 is 1.21 bits per heavy atom. The van der Waals surface area contributed by atoms with Crippen molar-refractivity contribution in [1.29, 1.82) is 0 Å². The van der Waals surface area contributed by atoms with E-state index in [1.54, 1.807) is 7.05 Å². The van der Waals surface area contributed by atoms with E-state index in [1.807, 2.05) is 31.2 Å². The fraction of sp³-hybridized carbons (Fsp3) is 0.619. The topological polar surface area (TPSA) is 78.0 Å². The third-order valence-corrected chi connectivity index (χ3v) is 4.97. The van der Waals surface area contributed by atoms with Gasteiger partial charge in [-0.2, -0.15) is 0 Å². The Balaban J connectivity index is 0.00000420. The molecule has 1 amide bonds. The van der Waals surface area contributed by atoms with E-state index in [4.69, 9.17) is 4.74 Å². The van der Waals surface area contributed by atoms with Crippen LogP contribution in [0.25, 0.3) is 0 Å². The van der Waals surface area contributed by atoms with E-state index in [0.29, 0.717) is 30.6 Å². The standard InChI is InChI=1S/C21H35N5O2.HI/c1-5-23-20(27)18-8-6-7-17(13-18)14-24-21(22-4)25-15-19(16(2)3)26-9-11-28-12-10-26;/h6-8,13,16,19H,5,9-12,14-15H2,1-4H3,(H,23,27)(H2,22,24,25);1H. The molecule has 2 rings (SSSR count). The summed E-state index contributed by atoms with van der Waals surface area (Å²) in [4.78, 5) is 18.8. The summed E-state index contributed by atoms with van der Waals surface area (Å²) >= 11 is 0. The third kappa shape index (κ3) is 8.47. The highest BCUT2D eigenvalue weighted by atomic mass is 127. The van der Waals surface area contributed by atoms with Crippen LogP contribution in [0.3, 0.4) is 0 Å². The zero-order valence-electron chi connectivity index (χ0n) is 18.0. The van der Waals surface area contributed by atoms with Crippen molar-refractivity contribution in [3.05, 3.63) is 35.4 Å². The number of benzene rings is 1. The second kappa shape index (κ2) is 13.8. The average molecular weight is 517 g/mol. The molecule has 1 aromatic carbocycles. The van der Waals surface area contributed by atoms with Gasteiger partial charge in [0.1, 0.15) is 0 Å². The fourth-order valence-corrected chi connectivity index (χ4v) is 3.39. The molecule has 3 N–H and O–H groups in total. The van der Waals surface area contributed by atoms with E-state index >= 15 is 0 Å². The number of rotatable bonds is 8. The van der Waals surface area contributed by atoms with Crippen molar-refractivity contribution in [3.8, 4) is 0 Å². The van der Waals surface area contributed by atoms with E-state index in [-0.39, 0.29) is 29.9 Å². The van der Waals surface area contributed by atoms with Crippen LogP contribution >= 0.6 is 24.0 Å². The molecule has 164 valence electrons. The largest absolute Gasteiger partial charge is 0.379 e. The first-order valence-corrected chi connectivity index (χ1v) is 10.2. The lowest BCUT2D eigenvalue weighted by Gasteiger charge is -2.37. The molecule has 0 spiro atoms. The third-order valence-electron chi connectivity index (χ3n) is 4.97. The molecule has 0 radical (unpaired) electrons. The molecule has 29 heavy (non-hydrogen) atoms. The summed E-state index contributed by atoms with van der Waals surface area (Å²) in [6, 6.07) is 8.09. The molecule has 0 aliphatic carbocycles. The molecular weight excluding hydrogens is 481 g/mol. The van der Waals surface area contributed by atoms with Crippen molar-refractivity contribution in [2.75, 3.05) is 46.4 Å². The summed E-state index contributed by atoms with van der Waals surface area (Å²) < 4.78 is 5.48. The van der Waals surface area contributed by atoms with Gasteiger partial charge in [-0.1, -0.05) is 26.0 Å². The number of ether oxygens (including phenoxy) is 1. The molecule has 1 aliphatic heterocycles. The molecule has 0 bridgehead atoms. The molecule has 1 aliphatic rings. The van der Waals surface area contributed by atoms with Crippen molar-refractivity contribution in [3.63, 3.8) is 0 Å². The number of nitrogens with one attached hydrogen (secondary N) is 3. The molecule has 1 heterocycles. The summed E-state index contributed by atoms with van der Waals surface area (Å²) in [6.45, 7) is 12.0. The number of guanidine groups is 1. The fourth-order valence-electron chi connectivity index (χ4n) is 3.39. The Labute approximate surface area is 192 Å². The average Bonchev–Trinajstić information content (AvgIpc) is 2.71. The molecule has 1 saturated heterocycles. The quantitative estimate of drug-likeness (QED) is 0.280. The van der Waals surface area contributed by atoms with E-state index < -0.39 is 0 Å². The van der Waals surface area contributed by atoms with Crippen molar-refractivity contribution < 1.29 is 9.53 Å². The molecule has 0 aromatic heterocycles. The SMILES string of the molecule is CCNC(=O)c1cccc(CNC(=NC)NCC(C(C)C)N2CCOCC2)c1.I. The lowest BCUT2D eigenvalue weighted by Crippen LogP contribution is -2.52. The van der Waals surface area contributed by atoms with Gasteiger partial charge in [-0.15, -0.1) is 24.0 Å². The normalized spacial score (nSPS) is 16.1. The second-order valence-corrected chi connectivity index (χ2v) is 7.33. The van der Waals surface area contributed by atoms with Crippen molar-refractivity contribution in [2.24, 2.45) is 10.9 Å². The molecule has 1 fully saturated rings. The van der Waals surface area contributed by atoms with Gasteiger partial charge in [0, 0.05) is 51.4 Å². The number of nitrogens with zero attached hydrogens (tertiary/aromatic N) is 2. The number of morpholine rings is 1. The van der Waals surface area contributed by atoms with Crippen molar-refractivity contribution >= 4 is 35.8 Å². The van der Waals surface area contributed by atoms with Gasteiger partial charge >= 0.3 is 0 Å². The second-order valence-electron chi connectivity index (χ2n) is 7.33. The number of aliphatic imine (C=N–C) groups is 1. The summed E-state index contributed by atoms with van der Waals surface area (Å²) in [5, 5.41) is 9.63. The molecule has 1 unspecified atom stereocenters. The van der Waals surface area contributed by atoms with Crippen LogP contribution in [0, 0.1) is 5.92 Å². The number of amides is 1. The highest BCUT2D eigenvalue weighted by Gasteiger charge is 2.23. The smallest absolute Gasteiger partial charge is 0.251 e. The number of carbonyl (C=O) groups is 1. The first kappa shape index (κ1) is 25.6. The zero-order valence-corrected chi connectivity index (χ0v) is 20.4. The molecule has 7 nitrogen and oxygen atoms in total. The van der Waals surface area contributed by atoms with Crippen molar-refractivity contribution in [1.82, 2.24) is 20.9 Å². The number of hydrogen-bond acceptors (Lipinski definition) is 4. The first-order chi connectivity index (χ1) is 13.5. The van der Waals surface area contributed by atoms with Crippen LogP contribution in [-0.2, 0) is 11.3 Å². The maximum Gasteiger partial charge on any atom is 0.251 e. The minimum Gasteiger partial charge on any atom is -0.379 e. The van der Waals surface area contributed by atoms with E-state index in [1.165, 1.54) is 0 Å². The minimum absolute atomic E-state index is 0. The molecule has 0 saturated carbocycles. The van der Waals surface area contributed by atoms with Crippen LogP contribution in [0.2, 0.25) is 0 Å². The Morgan fingerprint density at radius 2 is 1.93 bits per heavy atom. The first-order valence-electron chi connectivity index (χ1n) is 10.2. The summed E-state index contributed by atoms with van der Waals surface area (Å²) in [5.74, 6) is 1.26. The monoisotopic (exact) mass is 517 g/mol. The lowest BCUT2D eigenvalue weighted by atomic mass is 10.0. The molecule has 8 heteroatoms. The number of halogens is 1. The number of carbonyl (C=O) groups excluding carboxylic acids is 1. The molecule has 1 aromatic rings. The van der Waals surface area contributed by atoms with Gasteiger partial charge in [0.15, 0.2) is 5.96 Å². The van der Waals surface area contributed by atoms with Gasteiger partial charge in [0.25, 0.3) is 5.91 Å². The van der Waals surface area contributed by atoms with Gasteiger partial charge in [-0.3, -0.25) is 14.7 Å². The summed E-state index contributed by atoms with van der Waals surface area (Å²) in [5.41, 5.74) is 1.72. The van der Waals surface area contributed by atoms with E-state index in [0.717, 1.165) is 44.4 Å². The predicted octanol–water partition coefficient (Wildman–Crippen LogP) is 2.08. The van der Waals surface area contributed by atoms with Crippen LogP contribution in [-0.4, -0.2) is 69.2 Å². The van der Waals surface area contributed by atoms with Crippen LogP contribution in [0.15, 0.2) is 29.3 Å². The maximum absolute atomic E-state index is 12.0. The molecule has 1 atom stereocenters.